The van der Waals surface area contributed by atoms with E-state index in [1.165, 1.54) is 0 Å². The Hall–Kier alpha value is -1.07. The first kappa shape index (κ1) is 14.3. The van der Waals surface area contributed by atoms with Gasteiger partial charge in [-0.25, -0.2) is 0 Å². The van der Waals surface area contributed by atoms with E-state index in [0.29, 0.717) is 17.4 Å². The molecule has 0 saturated heterocycles. The SMILES string of the molecule is C[C@@H](O)c1ccc(Br)cc1OCC(=O)N(C)C1CC1. The monoisotopic (exact) mass is 327 g/mol. The highest BCUT2D eigenvalue weighted by Crippen LogP contribution is 2.29. The highest BCUT2D eigenvalue weighted by molar-refractivity contribution is 9.10. The number of rotatable bonds is 5. The molecule has 1 saturated carbocycles. The van der Waals surface area contributed by atoms with E-state index >= 15 is 0 Å². The van der Waals surface area contributed by atoms with Gasteiger partial charge >= 0.3 is 0 Å². The molecule has 0 heterocycles. The first-order valence-corrected chi connectivity index (χ1v) is 7.14. The standard InChI is InChI=1S/C14H18BrNO3/c1-9(17)12-6-3-10(15)7-13(12)19-8-14(18)16(2)11-4-5-11/h3,6-7,9,11,17H,4-5,8H2,1-2H3/t9-/m1/s1. The summed E-state index contributed by atoms with van der Waals surface area (Å²) in [7, 11) is 1.81. The Labute approximate surface area is 121 Å². The molecule has 1 fully saturated rings. The fourth-order valence-corrected chi connectivity index (χ4v) is 2.23. The average molecular weight is 328 g/mol. The number of benzene rings is 1. The second-order valence-electron chi connectivity index (χ2n) is 4.88. The van der Waals surface area contributed by atoms with E-state index in [9.17, 15) is 9.90 Å². The molecule has 5 heteroatoms. The maximum Gasteiger partial charge on any atom is 0.260 e. The molecule has 0 bridgehead atoms. The van der Waals surface area contributed by atoms with Crippen molar-refractivity contribution < 1.29 is 14.6 Å². The molecule has 1 atom stereocenters. The summed E-state index contributed by atoms with van der Waals surface area (Å²) in [6, 6.07) is 5.79. The largest absolute Gasteiger partial charge is 0.483 e. The summed E-state index contributed by atoms with van der Waals surface area (Å²) >= 11 is 3.36. The van der Waals surface area contributed by atoms with E-state index in [-0.39, 0.29) is 12.5 Å². The minimum atomic E-state index is -0.626. The van der Waals surface area contributed by atoms with E-state index in [4.69, 9.17) is 4.74 Å². The zero-order chi connectivity index (χ0) is 14.0. The molecular formula is C14H18BrNO3. The average Bonchev–Trinajstić information content (AvgIpc) is 3.18. The number of likely N-dealkylation sites (N-methyl/N-ethyl adjacent to an activating group) is 1. The topological polar surface area (TPSA) is 49.8 Å². The van der Waals surface area contributed by atoms with Crippen molar-refractivity contribution in [2.45, 2.75) is 31.9 Å². The predicted molar refractivity (Wildman–Crippen MR) is 76.1 cm³/mol. The van der Waals surface area contributed by atoms with Crippen molar-refractivity contribution in [1.82, 2.24) is 4.90 Å². The summed E-state index contributed by atoms with van der Waals surface area (Å²) in [5.41, 5.74) is 0.685. The van der Waals surface area contributed by atoms with E-state index in [1.807, 2.05) is 6.07 Å². The molecule has 0 aromatic heterocycles. The van der Waals surface area contributed by atoms with Gasteiger partial charge in [-0.2, -0.15) is 0 Å². The predicted octanol–water partition coefficient (Wildman–Crippen LogP) is 2.50. The van der Waals surface area contributed by atoms with Crippen LogP contribution in [-0.4, -0.2) is 35.6 Å². The van der Waals surface area contributed by atoms with Gasteiger partial charge in [-0.05, 0) is 31.9 Å². The number of hydrogen-bond donors (Lipinski definition) is 1. The van der Waals surface area contributed by atoms with Crippen LogP contribution in [0.5, 0.6) is 5.75 Å². The van der Waals surface area contributed by atoms with E-state index in [0.717, 1.165) is 17.3 Å². The number of ether oxygens (including phenoxy) is 1. The number of carbonyl (C=O) groups excluding carboxylic acids is 1. The fraction of sp³-hybridized carbons (Fsp3) is 0.500. The van der Waals surface area contributed by atoms with Crippen LogP contribution in [0.1, 0.15) is 31.4 Å². The zero-order valence-electron chi connectivity index (χ0n) is 11.1. The van der Waals surface area contributed by atoms with Gasteiger partial charge in [-0.15, -0.1) is 0 Å². The van der Waals surface area contributed by atoms with Crippen molar-refractivity contribution in [2.24, 2.45) is 0 Å². The lowest BCUT2D eigenvalue weighted by atomic mass is 10.1. The van der Waals surface area contributed by atoms with Crippen LogP contribution >= 0.6 is 15.9 Å². The third kappa shape index (κ3) is 3.70. The van der Waals surface area contributed by atoms with Crippen LogP contribution in [0.25, 0.3) is 0 Å². The number of nitrogens with zero attached hydrogens (tertiary/aromatic N) is 1. The fourth-order valence-electron chi connectivity index (χ4n) is 1.89. The Morgan fingerprint density at radius 1 is 1.58 bits per heavy atom. The number of aliphatic hydroxyl groups is 1. The van der Waals surface area contributed by atoms with Crippen molar-refractivity contribution in [3.05, 3.63) is 28.2 Å². The van der Waals surface area contributed by atoms with Crippen LogP contribution in [0, 0.1) is 0 Å². The minimum Gasteiger partial charge on any atom is -0.483 e. The third-order valence-corrected chi connectivity index (χ3v) is 3.76. The number of aliphatic hydroxyl groups excluding tert-OH is 1. The molecule has 1 N–H and O–H groups in total. The van der Waals surface area contributed by atoms with Crippen LogP contribution in [0.4, 0.5) is 0 Å². The van der Waals surface area contributed by atoms with Gasteiger partial charge in [0.25, 0.3) is 5.91 Å². The van der Waals surface area contributed by atoms with Crippen LogP contribution in [0.3, 0.4) is 0 Å². The number of amides is 1. The smallest absolute Gasteiger partial charge is 0.260 e. The van der Waals surface area contributed by atoms with E-state index in [1.54, 1.807) is 31.0 Å². The summed E-state index contributed by atoms with van der Waals surface area (Å²) in [5.74, 6) is 0.515. The molecular weight excluding hydrogens is 310 g/mol. The first-order valence-electron chi connectivity index (χ1n) is 6.35. The molecule has 1 aliphatic rings. The highest BCUT2D eigenvalue weighted by atomic mass is 79.9. The molecule has 104 valence electrons. The second-order valence-corrected chi connectivity index (χ2v) is 5.80. The van der Waals surface area contributed by atoms with Gasteiger partial charge in [0, 0.05) is 23.1 Å². The summed E-state index contributed by atoms with van der Waals surface area (Å²) in [5, 5.41) is 9.68. The quantitative estimate of drug-likeness (QED) is 0.903. The Morgan fingerprint density at radius 2 is 2.26 bits per heavy atom. The molecule has 0 spiro atoms. The van der Waals surface area contributed by atoms with Gasteiger partial charge in [0.2, 0.25) is 0 Å². The van der Waals surface area contributed by atoms with Crippen molar-refractivity contribution in [3.8, 4) is 5.75 Å². The Balaban J connectivity index is 2.01. The lowest BCUT2D eigenvalue weighted by molar-refractivity contribution is -0.132. The number of halogens is 1. The Morgan fingerprint density at radius 3 is 2.84 bits per heavy atom. The Bertz CT molecular complexity index is 472. The summed E-state index contributed by atoms with van der Waals surface area (Å²) < 4.78 is 6.42. The lowest BCUT2D eigenvalue weighted by Gasteiger charge is -2.18. The molecule has 4 nitrogen and oxygen atoms in total. The molecule has 0 aliphatic heterocycles. The van der Waals surface area contributed by atoms with Gasteiger partial charge in [-0.1, -0.05) is 22.0 Å². The minimum absolute atomic E-state index is 0.00315. The summed E-state index contributed by atoms with van der Waals surface area (Å²) in [4.78, 5) is 13.6. The zero-order valence-corrected chi connectivity index (χ0v) is 12.7. The van der Waals surface area contributed by atoms with Gasteiger partial charge in [0.15, 0.2) is 6.61 Å². The molecule has 0 radical (unpaired) electrons. The molecule has 1 aromatic rings. The lowest BCUT2D eigenvalue weighted by Crippen LogP contribution is -2.33. The van der Waals surface area contributed by atoms with Gasteiger partial charge in [-0.3, -0.25) is 4.79 Å². The molecule has 19 heavy (non-hydrogen) atoms. The summed E-state index contributed by atoms with van der Waals surface area (Å²) in [6.07, 6.45) is 1.54. The maximum atomic E-state index is 11.9. The van der Waals surface area contributed by atoms with E-state index in [2.05, 4.69) is 15.9 Å². The van der Waals surface area contributed by atoms with Crippen molar-refractivity contribution in [3.63, 3.8) is 0 Å². The number of hydrogen-bond acceptors (Lipinski definition) is 3. The molecule has 0 unspecified atom stereocenters. The van der Waals surface area contributed by atoms with Gasteiger partial charge < -0.3 is 14.7 Å². The molecule has 2 rings (SSSR count). The van der Waals surface area contributed by atoms with Crippen LogP contribution in [-0.2, 0) is 4.79 Å². The third-order valence-electron chi connectivity index (χ3n) is 3.26. The van der Waals surface area contributed by atoms with Crippen LogP contribution < -0.4 is 4.74 Å². The molecule has 1 aromatic carbocycles. The van der Waals surface area contributed by atoms with Crippen molar-refractivity contribution in [2.75, 3.05) is 13.7 Å². The van der Waals surface area contributed by atoms with Crippen molar-refractivity contribution >= 4 is 21.8 Å². The van der Waals surface area contributed by atoms with Crippen LogP contribution in [0.15, 0.2) is 22.7 Å². The Kier molecular flexibility index (Phi) is 4.47. The van der Waals surface area contributed by atoms with Crippen molar-refractivity contribution in [1.29, 1.82) is 0 Å². The second kappa shape index (κ2) is 5.92. The molecule has 1 amide bonds. The van der Waals surface area contributed by atoms with E-state index < -0.39 is 6.10 Å². The van der Waals surface area contributed by atoms with Crippen LogP contribution in [0.2, 0.25) is 0 Å². The molecule has 1 aliphatic carbocycles. The summed E-state index contributed by atoms with van der Waals surface area (Å²) in [6.45, 7) is 1.68. The van der Waals surface area contributed by atoms with Gasteiger partial charge in [0.05, 0.1) is 6.10 Å². The first-order chi connectivity index (χ1) is 8.99. The normalized spacial score (nSPS) is 16.0. The maximum absolute atomic E-state index is 11.9. The van der Waals surface area contributed by atoms with Gasteiger partial charge in [0.1, 0.15) is 5.75 Å². The number of carbonyl (C=O) groups is 1. The highest BCUT2D eigenvalue weighted by Gasteiger charge is 2.29.